The van der Waals surface area contributed by atoms with Gasteiger partial charge in [0.25, 0.3) is 0 Å². The third-order valence-electron chi connectivity index (χ3n) is 9.70. The summed E-state index contributed by atoms with van der Waals surface area (Å²) < 4.78 is 0. The van der Waals surface area contributed by atoms with Crippen LogP contribution in [0.1, 0.15) is 73.1 Å². The molecule has 0 radical (unpaired) electrons. The van der Waals surface area contributed by atoms with Crippen molar-refractivity contribution in [2.24, 2.45) is 39.4 Å². The minimum absolute atomic E-state index is 0.0322. The predicted octanol–water partition coefficient (Wildman–Crippen LogP) is 4.76. The largest absolute Gasteiger partial charge is 0.388 e. The van der Waals surface area contributed by atoms with Crippen molar-refractivity contribution in [3.63, 3.8) is 0 Å². The highest BCUT2D eigenvalue weighted by Gasteiger charge is 2.68. The maximum Gasteiger partial charge on any atom is 0.138 e. The third kappa shape index (κ3) is 1.69. The standard InChI is InChI=1S/C22H34O2/c1-19(2)15-10-13-21(4)16(20(15,3)12-11-17(19)23)8-6-14-7-9-18(24)22(14,21)5/h7,9,14-16,18,24H,6,8,10-13H2,1-5H3/t14-,15+,16-,18+,20+,21-,22+/m1/s1. The summed E-state index contributed by atoms with van der Waals surface area (Å²) in [5, 5.41) is 10.9. The Balaban J connectivity index is 1.79. The fourth-order valence-corrected chi connectivity index (χ4v) is 8.01. The fourth-order valence-electron chi connectivity index (χ4n) is 8.01. The summed E-state index contributed by atoms with van der Waals surface area (Å²) in [6.07, 6.45) is 10.6. The Morgan fingerprint density at radius 3 is 2.38 bits per heavy atom. The van der Waals surface area contributed by atoms with Gasteiger partial charge in [0, 0.05) is 17.3 Å². The summed E-state index contributed by atoms with van der Waals surface area (Å²) in [6.45, 7) is 11.7. The van der Waals surface area contributed by atoms with Crippen LogP contribution >= 0.6 is 0 Å². The molecule has 3 saturated carbocycles. The molecule has 3 fully saturated rings. The Morgan fingerprint density at radius 1 is 0.958 bits per heavy atom. The Bertz CT molecular complexity index is 605. The Kier molecular flexibility index (Phi) is 3.33. The van der Waals surface area contributed by atoms with Crippen molar-refractivity contribution in [3.05, 3.63) is 12.2 Å². The number of carbonyl (C=O) groups is 1. The van der Waals surface area contributed by atoms with Gasteiger partial charge in [-0.15, -0.1) is 0 Å². The minimum atomic E-state index is -0.311. The zero-order valence-corrected chi connectivity index (χ0v) is 16.1. The van der Waals surface area contributed by atoms with Crippen LogP contribution in [-0.2, 0) is 4.79 Å². The van der Waals surface area contributed by atoms with Crippen LogP contribution in [0.2, 0.25) is 0 Å². The van der Waals surface area contributed by atoms with Gasteiger partial charge in [0.1, 0.15) is 5.78 Å². The van der Waals surface area contributed by atoms with Crippen molar-refractivity contribution in [2.75, 3.05) is 0 Å². The first kappa shape index (κ1) is 16.8. The summed E-state index contributed by atoms with van der Waals surface area (Å²) in [7, 11) is 0. The lowest BCUT2D eigenvalue weighted by Crippen LogP contribution is -2.64. The molecule has 0 aliphatic heterocycles. The molecule has 7 atom stereocenters. The fraction of sp³-hybridized carbons (Fsp3) is 0.864. The zero-order valence-electron chi connectivity index (χ0n) is 16.1. The molecular formula is C22H34O2. The Hall–Kier alpha value is -0.630. The smallest absolute Gasteiger partial charge is 0.138 e. The molecule has 4 rings (SSSR count). The average molecular weight is 331 g/mol. The first-order valence-corrected chi connectivity index (χ1v) is 9.98. The van der Waals surface area contributed by atoms with E-state index in [1.165, 1.54) is 12.8 Å². The monoisotopic (exact) mass is 330 g/mol. The third-order valence-corrected chi connectivity index (χ3v) is 9.70. The lowest BCUT2D eigenvalue weighted by Gasteiger charge is -2.69. The highest BCUT2D eigenvalue weighted by atomic mass is 16.3. The van der Waals surface area contributed by atoms with E-state index in [0.29, 0.717) is 23.5 Å². The van der Waals surface area contributed by atoms with Crippen LogP contribution < -0.4 is 0 Å². The Morgan fingerprint density at radius 2 is 1.67 bits per heavy atom. The van der Waals surface area contributed by atoms with Gasteiger partial charge in [0.2, 0.25) is 0 Å². The number of fused-ring (bicyclic) bond motifs is 5. The zero-order chi connectivity index (χ0) is 17.5. The van der Waals surface area contributed by atoms with Gasteiger partial charge in [0.15, 0.2) is 0 Å². The summed E-state index contributed by atoms with van der Waals surface area (Å²) in [4.78, 5) is 12.6. The van der Waals surface area contributed by atoms with E-state index in [9.17, 15) is 9.90 Å². The van der Waals surface area contributed by atoms with Gasteiger partial charge in [-0.2, -0.15) is 0 Å². The average Bonchev–Trinajstić information content (AvgIpc) is 2.81. The topological polar surface area (TPSA) is 37.3 Å². The van der Waals surface area contributed by atoms with Gasteiger partial charge in [-0.1, -0.05) is 46.8 Å². The first-order valence-electron chi connectivity index (χ1n) is 9.98. The van der Waals surface area contributed by atoms with Crippen LogP contribution in [0.15, 0.2) is 12.2 Å². The predicted molar refractivity (Wildman–Crippen MR) is 96.4 cm³/mol. The van der Waals surface area contributed by atoms with E-state index in [0.717, 1.165) is 25.7 Å². The maximum absolute atomic E-state index is 12.6. The van der Waals surface area contributed by atoms with E-state index in [1.54, 1.807) is 0 Å². The molecule has 2 nitrogen and oxygen atoms in total. The normalized spacial score (nSPS) is 55.7. The molecule has 0 unspecified atom stereocenters. The molecule has 0 heterocycles. The van der Waals surface area contributed by atoms with Gasteiger partial charge < -0.3 is 5.11 Å². The van der Waals surface area contributed by atoms with Crippen LogP contribution in [0.25, 0.3) is 0 Å². The minimum Gasteiger partial charge on any atom is -0.388 e. The van der Waals surface area contributed by atoms with Crippen molar-refractivity contribution in [1.29, 1.82) is 0 Å². The summed E-state index contributed by atoms with van der Waals surface area (Å²) in [6, 6.07) is 0. The molecule has 4 aliphatic carbocycles. The molecule has 0 aromatic rings. The van der Waals surface area contributed by atoms with Crippen molar-refractivity contribution in [3.8, 4) is 0 Å². The van der Waals surface area contributed by atoms with E-state index >= 15 is 0 Å². The Labute approximate surface area is 147 Å². The number of hydrogen-bond acceptors (Lipinski definition) is 2. The highest BCUT2D eigenvalue weighted by Crippen LogP contribution is 2.73. The molecule has 0 amide bonds. The van der Waals surface area contributed by atoms with E-state index in [2.05, 4.69) is 46.8 Å². The second-order valence-corrected chi connectivity index (χ2v) is 10.5. The van der Waals surface area contributed by atoms with Crippen LogP contribution in [0.5, 0.6) is 0 Å². The summed E-state index contributed by atoms with van der Waals surface area (Å²) >= 11 is 0. The first-order chi connectivity index (χ1) is 11.1. The quantitative estimate of drug-likeness (QED) is 0.650. The van der Waals surface area contributed by atoms with Crippen LogP contribution in [0, 0.1) is 39.4 Å². The van der Waals surface area contributed by atoms with E-state index in [4.69, 9.17) is 0 Å². The number of ketones is 1. The van der Waals surface area contributed by atoms with Gasteiger partial charge in [-0.3, -0.25) is 4.79 Å². The van der Waals surface area contributed by atoms with Gasteiger partial charge >= 0.3 is 0 Å². The molecule has 0 bridgehead atoms. The second kappa shape index (κ2) is 4.75. The number of allylic oxidation sites excluding steroid dienone is 1. The lowest BCUT2D eigenvalue weighted by atomic mass is 9.35. The molecule has 0 spiro atoms. The van der Waals surface area contributed by atoms with Crippen LogP contribution in [0.3, 0.4) is 0 Å². The van der Waals surface area contributed by atoms with E-state index in [1.807, 2.05) is 0 Å². The van der Waals surface area contributed by atoms with E-state index < -0.39 is 0 Å². The number of carbonyl (C=O) groups excluding carboxylic acids is 1. The molecule has 24 heavy (non-hydrogen) atoms. The number of aliphatic hydroxyl groups is 1. The van der Waals surface area contributed by atoms with Crippen molar-refractivity contribution >= 4 is 5.78 Å². The van der Waals surface area contributed by atoms with Gasteiger partial charge in [-0.05, 0) is 60.7 Å². The summed E-state index contributed by atoms with van der Waals surface area (Å²) in [5.74, 6) is 2.10. The molecule has 0 saturated heterocycles. The molecule has 0 aromatic heterocycles. The van der Waals surface area contributed by atoms with Gasteiger partial charge in [-0.25, -0.2) is 0 Å². The molecule has 134 valence electrons. The van der Waals surface area contributed by atoms with Crippen molar-refractivity contribution in [2.45, 2.75) is 79.2 Å². The number of Topliss-reactive ketones (excluding diaryl/α,β-unsaturated/α-hetero) is 1. The molecule has 2 heteroatoms. The molecule has 0 aromatic carbocycles. The van der Waals surface area contributed by atoms with Gasteiger partial charge in [0.05, 0.1) is 6.10 Å². The number of hydrogen-bond donors (Lipinski definition) is 1. The molecule has 1 N–H and O–H groups in total. The van der Waals surface area contributed by atoms with E-state index in [-0.39, 0.29) is 27.8 Å². The van der Waals surface area contributed by atoms with Crippen LogP contribution in [-0.4, -0.2) is 17.0 Å². The second-order valence-electron chi connectivity index (χ2n) is 10.5. The van der Waals surface area contributed by atoms with Crippen LogP contribution in [0.4, 0.5) is 0 Å². The SMILES string of the molecule is CC1(C)C(=O)CC[C@]2(C)[C@H]3CC[C@@H]4C=C[C@H](O)[C@@]4(C)[C@]3(C)CC[C@@H]12. The van der Waals surface area contributed by atoms with Crippen molar-refractivity contribution < 1.29 is 9.90 Å². The number of aliphatic hydroxyl groups excluding tert-OH is 1. The van der Waals surface area contributed by atoms with Crippen molar-refractivity contribution in [1.82, 2.24) is 0 Å². The molecular weight excluding hydrogens is 296 g/mol. The number of rotatable bonds is 0. The highest BCUT2D eigenvalue weighted by molar-refractivity contribution is 5.85. The summed E-state index contributed by atoms with van der Waals surface area (Å²) in [5.41, 5.74) is 0.190. The maximum atomic E-state index is 12.6. The lowest BCUT2D eigenvalue weighted by molar-refractivity contribution is -0.214. The molecule has 4 aliphatic rings.